The number of hydrogen-bond donors (Lipinski definition) is 2. The minimum absolute atomic E-state index is 0.00954. The van der Waals surface area contributed by atoms with Gasteiger partial charge in [0.2, 0.25) is 5.91 Å². The molecule has 5 rings (SSSR count). The van der Waals surface area contributed by atoms with Crippen LogP contribution >= 0.6 is 23.2 Å². The molecule has 0 unspecified atom stereocenters. The van der Waals surface area contributed by atoms with Gasteiger partial charge in [-0.2, -0.15) is 0 Å². The fraction of sp³-hybridized carbons (Fsp3) is 0.303. The molecule has 0 atom stereocenters. The van der Waals surface area contributed by atoms with Crippen molar-refractivity contribution in [3.8, 4) is 11.5 Å². The Morgan fingerprint density at radius 2 is 1.77 bits per heavy atom. The number of carbonyl (C=O) groups is 1. The zero-order valence-corrected chi connectivity index (χ0v) is 24.3. The number of benzene rings is 3. The van der Waals surface area contributed by atoms with Gasteiger partial charge in [0.25, 0.3) is 0 Å². The van der Waals surface area contributed by atoms with Crippen molar-refractivity contribution >= 4 is 40.3 Å². The lowest BCUT2D eigenvalue weighted by atomic mass is 9.87. The van der Waals surface area contributed by atoms with Gasteiger partial charge in [-0.15, -0.1) is 0 Å². The summed E-state index contributed by atoms with van der Waals surface area (Å²) in [6.45, 7) is 0.667. The van der Waals surface area contributed by atoms with E-state index in [9.17, 15) is 9.90 Å². The highest BCUT2D eigenvalue weighted by atomic mass is 35.5. The Hall–Kier alpha value is -3.25. The van der Waals surface area contributed by atoms with Crippen LogP contribution in [0, 0.1) is 0 Å². The van der Waals surface area contributed by atoms with Gasteiger partial charge in [0.05, 0.1) is 0 Å². The Morgan fingerprint density at radius 1 is 1.02 bits per heavy atom. The Labute approximate surface area is 246 Å². The standard InChI is InChI=1S/C33H34Cl2N2O3/c1-37(2)32(39)7-4-16-36-24-19-27(20-24)40-26-12-8-21(9-13-26)33-28-15-11-25(38)17-22(28)5-3-6-30(33)29-14-10-23(34)18-31(29)35/h4,7-15,17-18,24,27,36,38H,3,5-6,16,19-20H2,1-2H3/b7-4+. The van der Waals surface area contributed by atoms with Crippen molar-refractivity contribution in [3.05, 3.63) is 105 Å². The van der Waals surface area contributed by atoms with Crippen molar-refractivity contribution in [1.29, 1.82) is 0 Å². The van der Waals surface area contributed by atoms with E-state index in [1.807, 2.05) is 42.5 Å². The van der Waals surface area contributed by atoms with Crippen molar-refractivity contribution in [2.24, 2.45) is 0 Å². The highest BCUT2D eigenvalue weighted by Gasteiger charge is 2.30. The van der Waals surface area contributed by atoms with Gasteiger partial charge in [0, 0.05) is 42.8 Å². The van der Waals surface area contributed by atoms with Gasteiger partial charge >= 0.3 is 0 Å². The maximum Gasteiger partial charge on any atom is 0.245 e. The largest absolute Gasteiger partial charge is 0.508 e. The molecule has 0 bridgehead atoms. The monoisotopic (exact) mass is 576 g/mol. The minimum Gasteiger partial charge on any atom is -0.508 e. The van der Waals surface area contributed by atoms with Gasteiger partial charge in [-0.25, -0.2) is 0 Å². The zero-order valence-electron chi connectivity index (χ0n) is 22.8. The highest BCUT2D eigenvalue weighted by Crippen LogP contribution is 2.43. The van der Waals surface area contributed by atoms with E-state index >= 15 is 0 Å². The number of nitrogens with zero attached hydrogens (tertiary/aromatic N) is 1. The van der Waals surface area contributed by atoms with Crippen molar-refractivity contribution in [3.63, 3.8) is 0 Å². The number of carbonyl (C=O) groups excluding carboxylic acids is 1. The summed E-state index contributed by atoms with van der Waals surface area (Å²) in [7, 11) is 3.49. The molecular weight excluding hydrogens is 543 g/mol. The molecule has 2 aliphatic carbocycles. The van der Waals surface area contributed by atoms with Crippen LogP contribution in [0.1, 0.15) is 47.9 Å². The van der Waals surface area contributed by atoms with Crippen LogP contribution in [-0.2, 0) is 11.2 Å². The molecule has 0 heterocycles. The molecular formula is C33H34Cl2N2O3. The first-order valence-corrected chi connectivity index (χ1v) is 14.4. The molecule has 3 aromatic rings. The molecule has 0 spiro atoms. The van der Waals surface area contributed by atoms with Crippen LogP contribution in [0.25, 0.3) is 11.1 Å². The number of likely N-dealkylation sites (N-methyl/N-ethyl adjacent to an activating group) is 1. The maximum absolute atomic E-state index is 11.6. The van der Waals surface area contributed by atoms with Gasteiger partial charge in [0.1, 0.15) is 17.6 Å². The normalized spacial score (nSPS) is 18.7. The van der Waals surface area contributed by atoms with Gasteiger partial charge in [-0.3, -0.25) is 4.79 Å². The summed E-state index contributed by atoms with van der Waals surface area (Å²) in [6, 6.07) is 20.0. The third-order valence-electron chi connectivity index (χ3n) is 7.56. The van der Waals surface area contributed by atoms with Gasteiger partial charge < -0.3 is 20.1 Å². The lowest BCUT2D eigenvalue weighted by Crippen LogP contribution is -2.46. The summed E-state index contributed by atoms with van der Waals surface area (Å²) in [5.41, 5.74) is 6.60. The fourth-order valence-corrected chi connectivity index (χ4v) is 5.89. The van der Waals surface area contributed by atoms with Gasteiger partial charge in [-0.05, 0) is 102 Å². The van der Waals surface area contributed by atoms with Crippen molar-refractivity contribution < 1.29 is 14.6 Å². The molecule has 5 nitrogen and oxygen atoms in total. The van der Waals surface area contributed by atoms with Crippen molar-refractivity contribution in [1.82, 2.24) is 10.2 Å². The summed E-state index contributed by atoms with van der Waals surface area (Å²) >= 11 is 12.9. The number of rotatable bonds is 8. The molecule has 40 heavy (non-hydrogen) atoms. The zero-order chi connectivity index (χ0) is 28.2. The number of phenolic OH excluding ortho intramolecular Hbond substituents is 1. The first kappa shape index (κ1) is 28.3. The average Bonchev–Trinajstić information content (AvgIpc) is 3.08. The molecule has 0 aliphatic heterocycles. The molecule has 208 valence electrons. The summed E-state index contributed by atoms with van der Waals surface area (Å²) in [5, 5.41) is 14.9. The Balaban J connectivity index is 1.32. The van der Waals surface area contributed by atoms with Crippen LogP contribution in [0.2, 0.25) is 10.0 Å². The third kappa shape index (κ3) is 6.55. The van der Waals surface area contributed by atoms with Crippen LogP contribution in [0.15, 0.2) is 72.8 Å². The molecule has 7 heteroatoms. The van der Waals surface area contributed by atoms with E-state index in [-0.39, 0.29) is 17.8 Å². The number of ether oxygens (including phenoxy) is 1. The third-order valence-corrected chi connectivity index (χ3v) is 8.10. The number of hydrogen-bond acceptors (Lipinski definition) is 4. The number of phenols is 1. The quantitative estimate of drug-likeness (QED) is 0.280. The first-order chi connectivity index (χ1) is 19.3. The van der Waals surface area contributed by atoms with Gasteiger partial charge in [-0.1, -0.05) is 53.5 Å². The Kier molecular flexibility index (Phi) is 8.84. The highest BCUT2D eigenvalue weighted by molar-refractivity contribution is 6.36. The lowest BCUT2D eigenvalue weighted by molar-refractivity contribution is -0.123. The van der Waals surface area contributed by atoms with E-state index in [1.165, 1.54) is 5.57 Å². The predicted molar refractivity (Wildman–Crippen MR) is 163 cm³/mol. The van der Waals surface area contributed by atoms with Crippen LogP contribution in [0.4, 0.5) is 0 Å². The number of allylic oxidation sites excluding steroid dienone is 1. The second-order valence-corrected chi connectivity index (χ2v) is 11.5. The Bertz CT molecular complexity index is 1440. The minimum atomic E-state index is -0.00954. The van der Waals surface area contributed by atoms with Gasteiger partial charge in [0.15, 0.2) is 0 Å². The second-order valence-electron chi connectivity index (χ2n) is 10.6. The molecule has 1 amide bonds. The summed E-state index contributed by atoms with van der Waals surface area (Å²) in [6.07, 6.45) is 8.17. The molecule has 0 saturated heterocycles. The number of fused-ring (bicyclic) bond motifs is 1. The molecule has 1 saturated carbocycles. The number of aromatic hydroxyl groups is 1. The van der Waals surface area contributed by atoms with E-state index in [2.05, 4.69) is 17.4 Å². The van der Waals surface area contributed by atoms with E-state index in [0.717, 1.165) is 65.7 Å². The van der Waals surface area contributed by atoms with E-state index in [1.54, 1.807) is 37.2 Å². The molecule has 2 aliphatic rings. The van der Waals surface area contributed by atoms with Crippen molar-refractivity contribution in [2.45, 2.75) is 44.2 Å². The molecule has 1 fully saturated rings. The summed E-state index contributed by atoms with van der Waals surface area (Å²) in [4.78, 5) is 13.2. The van der Waals surface area contributed by atoms with E-state index in [0.29, 0.717) is 22.6 Å². The number of aryl methyl sites for hydroxylation is 1. The second kappa shape index (κ2) is 12.5. The van der Waals surface area contributed by atoms with E-state index < -0.39 is 0 Å². The van der Waals surface area contributed by atoms with E-state index in [4.69, 9.17) is 27.9 Å². The van der Waals surface area contributed by atoms with Crippen LogP contribution in [0.3, 0.4) is 0 Å². The van der Waals surface area contributed by atoms with Crippen LogP contribution in [-0.4, -0.2) is 48.7 Å². The lowest BCUT2D eigenvalue weighted by Gasteiger charge is -2.35. The van der Waals surface area contributed by atoms with Crippen LogP contribution < -0.4 is 10.1 Å². The smallest absolute Gasteiger partial charge is 0.245 e. The fourth-order valence-electron chi connectivity index (χ4n) is 5.37. The molecule has 3 aromatic carbocycles. The molecule has 0 radical (unpaired) electrons. The number of halogens is 2. The maximum atomic E-state index is 11.6. The molecule has 0 aromatic heterocycles. The number of nitrogens with one attached hydrogen (secondary N) is 1. The SMILES string of the molecule is CN(C)C(=O)/C=C/CNC1CC(Oc2ccc(C3=C(c4ccc(Cl)cc4Cl)CCCc4cc(O)ccc43)cc2)C1. The summed E-state index contributed by atoms with van der Waals surface area (Å²) < 4.78 is 6.25. The number of amides is 1. The average molecular weight is 578 g/mol. The summed E-state index contributed by atoms with van der Waals surface area (Å²) in [5.74, 6) is 1.11. The van der Waals surface area contributed by atoms with Crippen LogP contribution in [0.5, 0.6) is 11.5 Å². The Morgan fingerprint density at radius 3 is 2.50 bits per heavy atom. The predicted octanol–water partition coefficient (Wildman–Crippen LogP) is 7.14. The topological polar surface area (TPSA) is 61.8 Å². The first-order valence-electron chi connectivity index (χ1n) is 13.7. The molecule has 2 N–H and O–H groups in total. The van der Waals surface area contributed by atoms with Crippen molar-refractivity contribution in [2.75, 3.05) is 20.6 Å².